The van der Waals surface area contributed by atoms with Crippen molar-refractivity contribution in [2.45, 2.75) is 6.10 Å². The number of aromatic amines is 1. The Labute approximate surface area is 103 Å². The van der Waals surface area contributed by atoms with E-state index in [2.05, 4.69) is 10.3 Å². The highest BCUT2D eigenvalue weighted by Gasteiger charge is 2.14. The van der Waals surface area contributed by atoms with E-state index in [-0.39, 0.29) is 18.0 Å². The lowest BCUT2D eigenvalue weighted by molar-refractivity contribution is 0.0910. The van der Waals surface area contributed by atoms with E-state index in [1.54, 1.807) is 30.5 Å². The van der Waals surface area contributed by atoms with Crippen molar-refractivity contribution in [3.63, 3.8) is 0 Å². The van der Waals surface area contributed by atoms with Crippen molar-refractivity contribution < 1.29 is 14.3 Å². The highest BCUT2D eigenvalue weighted by atomic mass is 19.1. The second-order valence-corrected chi connectivity index (χ2v) is 3.83. The van der Waals surface area contributed by atoms with Gasteiger partial charge in [-0.2, -0.15) is 0 Å². The van der Waals surface area contributed by atoms with Crippen LogP contribution in [0.4, 0.5) is 4.39 Å². The number of benzene rings is 1. The molecule has 1 aromatic carbocycles. The summed E-state index contributed by atoms with van der Waals surface area (Å²) in [6.45, 7) is -0.0429. The minimum Gasteiger partial charge on any atom is -0.386 e. The van der Waals surface area contributed by atoms with Crippen molar-refractivity contribution in [1.82, 2.24) is 10.3 Å². The summed E-state index contributed by atoms with van der Waals surface area (Å²) in [6.07, 6.45) is 0.562. The number of aliphatic hydroxyl groups excluding tert-OH is 1. The van der Waals surface area contributed by atoms with Gasteiger partial charge in [0.25, 0.3) is 5.91 Å². The molecule has 18 heavy (non-hydrogen) atoms. The van der Waals surface area contributed by atoms with Gasteiger partial charge in [0, 0.05) is 18.3 Å². The number of hydrogen-bond donors (Lipinski definition) is 3. The maximum atomic E-state index is 13.4. The Morgan fingerprint density at radius 3 is 2.78 bits per heavy atom. The lowest BCUT2D eigenvalue weighted by Gasteiger charge is -2.12. The van der Waals surface area contributed by atoms with E-state index in [1.807, 2.05) is 0 Å². The molecule has 1 aromatic heterocycles. The summed E-state index contributed by atoms with van der Waals surface area (Å²) in [4.78, 5) is 14.3. The molecule has 0 aliphatic carbocycles. The molecule has 0 bridgehead atoms. The third kappa shape index (κ3) is 2.75. The smallest absolute Gasteiger partial charge is 0.267 e. The van der Waals surface area contributed by atoms with Crippen LogP contribution in [0.3, 0.4) is 0 Å². The second kappa shape index (κ2) is 5.46. The molecule has 0 aliphatic heterocycles. The molecule has 5 heteroatoms. The van der Waals surface area contributed by atoms with Crippen LogP contribution in [0.1, 0.15) is 22.2 Å². The van der Waals surface area contributed by atoms with Crippen LogP contribution in [-0.4, -0.2) is 22.5 Å². The van der Waals surface area contributed by atoms with Crippen LogP contribution in [0.2, 0.25) is 0 Å². The largest absolute Gasteiger partial charge is 0.386 e. The quantitative estimate of drug-likeness (QED) is 0.769. The molecular weight excluding hydrogens is 235 g/mol. The van der Waals surface area contributed by atoms with Crippen molar-refractivity contribution in [1.29, 1.82) is 0 Å². The molecule has 0 fully saturated rings. The molecule has 2 rings (SSSR count). The Hall–Kier alpha value is -2.14. The molecule has 1 amide bonds. The highest BCUT2D eigenvalue weighted by molar-refractivity contribution is 5.92. The summed E-state index contributed by atoms with van der Waals surface area (Å²) in [6, 6.07) is 9.25. The van der Waals surface area contributed by atoms with Crippen molar-refractivity contribution in [2.24, 2.45) is 0 Å². The lowest BCUT2D eigenvalue weighted by Crippen LogP contribution is -2.28. The van der Waals surface area contributed by atoms with Gasteiger partial charge in [-0.3, -0.25) is 4.79 Å². The minimum atomic E-state index is -1.06. The van der Waals surface area contributed by atoms with Gasteiger partial charge in [-0.15, -0.1) is 0 Å². The van der Waals surface area contributed by atoms with E-state index >= 15 is 0 Å². The summed E-state index contributed by atoms with van der Waals surface area (Å²) in [5, 5.41) is 12.3. The highest BCUT2D eigenvalue weighted by Crippen LogP contribution is 2.15. The first-order valence-electron chi connectivity index (χ1n) is 5.52. The van der Waals surface area contributed by atoms with Crippen molar-refractivity contribution in [3.05, 3.63) is 59.7 Å². The number of halogens is 1. The molecule has 0 saturated heterocycles. The van der Waals surface area contributed by atoms with Gasteiger partial charge in [-0.1, -0.05) is 18.2 Å². The molecule has 0 aliphatic rings. The van der Waals surface area contributed by atoms with E-state index in [0.717, 1.165) is 0 Å². The predicted octanol–water partition coefficient (Wildman–Crippen LogP) is 1.62. The molecule has 0 saturated carbocycles. The van der Waals surface area contributed by atoms with Gasteiger partial charge in [-0.05, 0) is 18.2 Å². The SMILES string of the molecule is O=C(NCC(O)c1ccccc1F)c1ccc[nH]1. The number of aliphatic hydroxyl groups is 1. The number of carbonyl (C=O) groups excluding carboxylic acids is 1. The van der Waals surface area contributed by atoms with Gasteiger partial charge in [0.05, 0.1) is 6.10 Å². The third-order valence-corrected chi connectivity index (χ3v) is 2.56. The van der Waals surface area contributed by atoms with Crippen LogP contribution >= 0.6 is 0 Å². The molecule has 0 radical (unpaired) electrons. The van der Waals surface area contributed by atoms with Gasteiger partial charge < -0.3 is 15.4 Å². The fourth-order valence-corrected chi connectivity index (χ4v) is 1.61. The number of nitrogens with one attached hydrogen (secondary N) is 2. The molecular formula is C13H13FN2O2. The zero-order valence-corrected chi connectivity index (χ0v) is 9.56. The van der Waals surface area contributed by atoms with Crippen LogP contribution in [-0.2, 0) is 0 Å². The molecule has 4 nitrogen and oxygen atoms in total. The van der Waals surface area contributed by atoms with Crippen LogP contribution in [0.5, 0.6) is 0 Å². The zero-order chi connectivity index (χ0) is 13.0. The molecule has 1 heterocycles. The van der Waals surface area contributed by atoms with Crippen LogP contribution in [0.25, 0.3) is 0 Å². The number of amides is 1. The lowest BCUT2D eigenvalue weighted by atomic mass is 10.1. The third-order valence-electron chi connectivity index (χ3n) is 2.56. The Bertz CT molecular complexity index is 526. The summed E-state index contributed by atoms with van der Waals surface area (Å²) in [7, 11) is 0. The standard InChI is InChI=1S/C13H13FN2O2/c14-10-5-2-1-4-9(10)12(17)8-16-13(18)11-6-3-7-15-11/h1-7,12,15,17H,8H2,(H,16,18). The molecule has 0 spiro atoms. The normalized spacial score (nSPS) is 12.1. The maximum Gasteiger partial charge on any atom is 0.267 e. The second-order valence-electron chi connectivity index (χ2n) is 3.83. The first-order valence-corrected chi connectivity index (χ1v) is 5.52. The van der Waals surface area contributed by atoms with Crippen LogP contribution in [0, 0.1) is 5.82 Å². The monoisotopic (exact) mass is 248 g/mol. The van der Waals surface area contributed by atoms with Gasteiger partial charge in [0.1, 0.15) is 11.5 Å². The zero-order valence-electron chi connectivity index (χ0n) is 9.56. The first kappa shape index (κ1) is 12.3. The maximum absolute atomic E-state index is 13.4. The molecule has 1 atom stereocenters. The van der Waals surface area contributed by atoms with Gasteiger partial charge in [-0.25, -0.2) is 4.39 Å². The topological polar surface area (TPSA) is 65.1 Å². The fraction of sp³-hybridized carbons (Fsp3) is 0.154. The fourth-order valence-electron chi connectivity index (χ4n) is 1.61. The van der Waals surface area contributed by atoms with Gasteiger partial charge in [0.15, 0.2) is 0 Å². The minimum absolute atomic E-state index is 0.0429. The van der Waals surface area contributed by atoms with E-state index in [1.165, 1.54) is 12.1 Å². The number of rotatable bonds is 4. The van der Waals surface area contributed by atoms with E-state index < -0.39 is 11.9 Å². The predicted molar refractivity (Wildman–Crippen MR) is 64.5 cm³/mol. The van der Waals surface area contributed by atoms with E-state index in [0.29, 0.717) is 5.69 Å². The van der Waals surface area contributed by atoms with Gasteiger partial charge in [0.2, 0.25) is 0 Å². The van der Waals surface area contributed by atoms with Crippen molar-refractivity contribution in [2.75, 3.05) is 6.54 Å². The van der Waals surface area contributed by atoms with Crippen molar-refractivity contribution >= 4 is 5.91 Å². The summed E-state index contributed by atoms with van der Waals surface area (Å²) in [5.74, 6) is -0.825. The summed E-state index contributed by atoms with van der Waals surface area (Å²) in [5.41, 5.74) is 0.569. The van der Waals surface area contributed by atoms with E-state index in [4.69, 9.17) is 0 Å². The number of carbonyl (C=O) groups is 1. The average Bonchev–Trinajstić information content (AvgIpc) is 2.90. The summed E-state index contributed by atoms with van der Waals surface area (Å²) < 4.78 is 13.4. The number of aromatic nitrogens is 1. The van der Waals surface area contributed by atoms with E-state index in [9.17, 15) is 14.3 Å². The Morgan fingerprint density at radius 2 is 2.11 bits per heavy atom. The average molecular weight is 248 g/mol. The van der Waals surface area contributed by atoms with Crippen LogP contribution in [0.15, 0.2) is 42.6 Å². The number of H-pyrrole nitrogens is 1. The number of hydrogen-bond acceptors (Lipinski definition) is 2. The molecule has 1 unspecified atom stereocenters. The molecule has 2 aromatic rings. The van der Waals surface area contributed by atoms with Crippen molar-refractivity contribution in [3.8, 4) is 0 Å². The van der Waals surface area contributed by atoms with Gasteiger partial charge >= 0.3 is 0 Å². The Kier molecular flexibility index (Phi) is 3.74. The molecule has 3 N–H and O–H groups in total. The summed E-state index contributed by atoms with van der Waals surface area (Å²) >= 11 is 0. The Balaban J connectivity index is 1.95. The molecule has 94 valence electrons. The van der Waals surface area contributed by atoms with Crippen LogP contribution < -0.4 is 5.32 Å². The Morgan fingerprint density at radius 1 is 1.33 bits per heavy atom. The first-order chi connectivity index (χ1) is 8.68.